The van der Waals surface area contributed by atoms with Gasteiger partial charge in [0.2, 0.25) is 0 Å². The predicted molar refractivity (Wildman–Crippen MR) is 79.0 cm³/mol. The van der Waals surface area contributed by atoms with E-state index in [1.54, 1.807) is 0 Å². The molecule has 2 heterocycles. The van der Waals surface area contributed by atoms with Gasteiger partial charge in [0.25, 0.3) is 0 Å². The van der Waals surface area contributed by atoms with E-state index in [4.69, 9.17) is 10.6 Å². The van der Waals surface area contributed by atoms with Crippen LogP contribution in [0.15, 0.2) is 6.07 Å². The molecule has 0 spiro atoms. The zero-order valence-corrected chi connectivity index (χ0v) is 12.6. The van der Waals surface area contributed by atoms with E-state index in [0.29, 0.717) is 6.10 Å². The number of hydrogen-bond acceptors (Lipinski definition) is 5. The SMILES string of the molecule is CCc1nnc(C)cc1C(CCCC1CCCO1)NN. The molecule has 112 valence electrons. The van der Waals surface area contributed by atoms with Crippen LogP contribution < -0.4 is 11.3 Å². The van der Waals surface area contributed by atoms with E-state index < -0.39 is 0 Å². The second-order valence-corrected chi connectivity index (χ2v) is 5.53. The minimum Gasteiger partial charge on any atom is -0.378 e. The standard InChI is InChI=1S/C15H26N4O/c1-3-14-13(10-11(2)18-19-14)15(17-16)8-4-6-12-7-5-9-20-12/h10,12,15,17H,3-9,16H2,1-2H3. The number of rotatable bonds is 7. The van der Waals surface area contributed by atoms with Crippen molar-refractivity contribution in [2.45, 2.75) is 64.5 Å². The van der Waals surface area contributed by atoms with Crippen LogP contribution in [-0.2, 0) is 11.2 Å². The Hall–Kier alpha value is -1.04. The third kappa shape index (κ3) is 3.98. The zero-order valence-electron chi connectivity index (χ0n) is 12.6. The molecule has 1 aliphatic rings. The summed E-state index contributed by atoms with van der Waals surface area (Å²) in [5.41, 5.74) is 6.11. The molecule has 1 aliphatic heterocycles. The molecule has 5 heteroatoms. The van der Waals surface area contributed by atoms with Crippen LogP contribution in [0.1, 0.15) is 62.0 Å². The molecule has 2 atom stereocenters. The van der Waals surface area contributed by atoms with Gasteiger partial charge in [-0.1, -0.05) is 6.92 Å². The number of hydrazine groups is 1. The Morgan fingerprint density at radius 1 is 1.50 bits per heavy atom. The Morgan fingerprint density at radius 3 is 3.00 bits per heavy atom. The summed E-state index contributed by atoms with van der Waals surface area (Å²) in [7, 11) is 0. The molecule has 2 rings (SSSR count). The van der Waals surface area contributed by atoms with Crippen LogP contribution in [0, 0.1) is 6.92 Å². The van der Waals surface area contributed by atoms with Gasteiger partial charge in [0.1, 0.15) is 0 Å². The van der Waals surface area contributed by atoms with Gasteiger partial charge in [-0.25, -0.2) is 0 Å². The Kier molecular flexibility index (Phi) is 5.88. The van der Waals surface area contributed by atoms with Gasteiger partial charge in [-0.15, -0.1) is 0 Å². The summed E-state index contributed by atoms with van der Waals surface area (Å²) in [6.45, 7) is 5.00. The van der Waals surface area contributed by atoms with Gasteiger partial charge in [-0.2, -0.15) is 10.2 Å². The predicted octanol–water partition coefficient (Wildman–Crippen LogP) is 2.20. The molecule has 1 saturated heterocycles. The second-order valence-electron chi connectivity index (χ2n) is 5.53. The maximum Gasteiger partial charge on any atom is 0.0676 e. The molecule has 0 aliphatic carbocycles. The lowest BCUT2D eigenvalue weighted by atomic mass is 9.97. The van der Waals surface area contributed by atoms with Crippen molar-refractivity contribution in [1.82, 2.24) is 15.6 Å². The molecule has 1 aromatic heterocycles. The minimum atomic E-state index is 0.153. The van der Waals surface area contributed by atoms with Crippen LogP contribution in [0.25, 0.3) is 0 Å². The molecule has 0 amide bonds. The van der Waals surface area contributed by atoms with Gasteiger partial charge < -0.3 is 4.74 Å². The van der Waals surface area contributed by atoms with Crippen molar-refractivity contribution >= 4 is 0 Å². The number of aryl methyl sites for hydroxylation is 2. The average Bonchev–Trinajstić information content (AvgIpc) is 2.97. The first-order chi connectivity index (χ1) is 9.74. The maximum atomic E-state index is 5.74. The largest absolute Gasteiger partial charge is 0.378 e. The average molecular weight is 278 g/mol. The van der Waals surface area contributed by atoms with Crippen LogP contribution in [0.3, 0.4) is 0 Å². The van der Waals surface area contributed by atoms with Crippen LogP contribution in [0.5, 0.6) is 0 Å². The number of hydrogen-bond donors (Lipinski definition) is 2. The summed E-state index contributed by atoms with van der Waals surface area (Å²) in [6, 6.07) is 2.25. The highest BCUT2D eigenvalue weighted by Crippen LogP contribution is 2.24. The van der Waals surface area contributed by atoms with Gasteiger partial charge >= 0.3 is 0 Å². The van der Waals surface area contributed by atoms with E-state index in [0.717, 1.165) is 43.7 Å². The zero-order chi connectivity index (χ0) is 14.4. The fourth-order valence-corrected chi connectivity index (χ4v) is 2.86. The quantitative estimate of drug-likeness (QED) is 0.591. The third-order valence-corrected chi connectivity index (χ3v) is 3.98. The molecule has 1 fully saturated rings. The van der Waals surface area contributed by atoms with E-state index in [9.17, 15) is 0 Å². The first-order valence-electron chi connectivity index (χ1n) is 7.65. The molecule has 0 bridgehead atoms. The van der Waals surface area contributed by atoms with Crippen molar-refractivity contribution in [2.24, 2.45) is 5.84 Å². The summed E-state index contributed by atoms with van der Waals surface area (Å²) >= 11 is 0. The van der Waals surface area contributed by atoms with Crippen LogP contribution in [-0.4, -0.2) is 22.9 Å². The normalized spacial score (nSPS) is 20.2. The van der Waals surface area contributed by atoms with E-state index >= 15 is 0 Å². The Labute approximate surface area is 121 Å². The monoisotopic (exact) mass is 278 g/mol. The van der Waals surface area contributed by atoms with Gasteiger partial charge in [0.15, 0.2) is 0 Å². The second kappa shape index (κ2) is 7.67. The van der Waals surface area contributed by atoms with E-state index in [1.807, 2.05) is 6.92 Å². The molecule has 2 unspecified atom stereocenters. The summed E-state index contributed by atoms with van der Waals surface area (Å²) in [5, 5.41) is 8.41. The highest BCUT2D eigenvalue weighted by atomic mass is 16.5. The van der Waals surface area contributed by atoms with Crippen molar-refractivity contribution in [1.29, 1.82) is 0 Å². The van der Waals surface area contributed by atoms with Crippen LogP contribution in [0.2, 0.25) is 0 Å². The summed E-state index contributed by atoms with van der Waals surface area (Å²) in [5.74, 6) is 5.74. The van der Waals surface area contributed by atoms with Crippen molar-refractivity contribution in [2.75, 3.05) is 6.61 Å². The molecule has 5 nitrogen and oxygen atoms in total. The van der Waals surface area contributed by atoms with Gasteiger partial charge in [0, 0.05) is 12.6 Å². The fourth-order valence-electron chi connectivity index (χ4n) is 2.86. The van der Waals surface area contributed by atoms with E-state index in [1.165, 1.54) is 18.4 Å². The van der Waals surface area contributed by atoms with E-state index in [2.05, 4.69) is 28.6 Å². The summed E-state index contributed by atoms with van der Waals surface area (Å²) in [6.07, 6.45) is 6.99. The first-order valence-corrected chi connectivity index (χ1v) is 7.65. The van der Waals surface area contributed by atoms with Crippen molar-refractivity contribution < 1.29 is 4.74 Å². The molecular weight excluding hydrogens is 252 g/mol. The van der Waals surface area contributed by atoms with Gasteiger partial charge in [0.05, 0.1) is 17.5 Å². The highest BCUT2D eigenvalue weighted by molar-refractivity contribution is 5.24. The Balaban J connectivity index is 1.94. The number of nitrogens with zero attached hydrogens (tertiary/aromatic N) is 2. The van der Waals surface area contributed by atoms with Crippen molar-refractivity contribution in [3.05, 3.63) is 23.0 Å². The smallest absolute Gasteiger partial charge is 0.0676 e. The fraction of sp³-hybridized carbons (Fsp3) is 0.733. The Morgan fingerprint density at radius 2 is 2.35 bits per heavy atom. The topological polar surface area (TPSA) is 73.1 Å². The van der Waals surface area contributed by atoms with Crippen molar-refractivity contribution in [3.8, 4) is 0 Å². The van der Waals surface area contributed by atoms with Crippen LogP contribution >= 0.6 is 0 Å². The Bertz CT molecular complexity index is 418. The lowest BCUT2D eigenvalue weighted by Gasteiger charge is -2.19. The number of nitrogens with two attached hydrogens (primary N) is 1. The number of aromatic nitrogens is 2. The van der Waals surface area contributed by atoms with Crippen LogP contribution in [0.4, 0.5) is 0 Å². The molecule has 0 radical (unpaired) electrons. The first kappa shape index (κ1) is 15.4. The maximum absolute atomic E-state index is 5.74. The minimum absolute atomic E-state index is 0.153. The lowest BCUT2D eigenvalue weighted by Crippen LogP contribution is -2.29. The molecule has 20 heavy (non-hydrogen) atoms. The molecule has 3 N–H and O–H groups in total. The summed E-state index contributed by atoms with van der Waals surface area (Å²) in [4.78, 5) is 0. The van der Waals surface area contributed by atoms with Crippen molar-refractivity contribution in [3.63, 3.8) is 0 Å². The van der Waals surface area contributed by atoms with Gasteiger partial charge in [-0.3, -0.25) is 11.3 Å². The van der Waals surface area contributed by atoms with E-state index in [-0.39, 0.29) is 6.04 Å². The molecule has 1 aromatic rings. The molecule has 0 aromatic carbocycles. The summed E-state index contributed by atoms with van der Waals surface area (Å²) < 4.78 is 5.66. The molecule has 0 saturated carbocycles. The highest BCUT2D eigenvalue weighted by Gasteiger charge is 2.18. The molecular formula is C15H26N4O. The van der Waals surface area contributed by atoms with Gasteiger partial charge in [-0.05, 0) is 57.1 Å². The number of nitrogens with one attached hydrogen (secondary N) is 1. The number of ether oxygens (including phenoxy) is 1. The third-order valence-electron chi connectivity index (χ3n) is 3.98. The lowest BCUT2D eigenvalue weighted by molar-refractivity contribution is 0.101.